The van der Waals surface area contributed by atoms with Crippen molar-refractivity contribution in [2.45, 2.75) is 6.54 Å². The number of hydrogen-bond donors (Lipinski definition) is 4. The van der Waals surface area contributed by atoms with Crippen LogP contribution in [0.3, 0.4) is 0 Å². The maximum Gasteiger partial charge on any atom is 0.328 e. The van der Waals surface area contributed by atoms with E-state index in [1.54, 1.807) is 72.8 Å². The molecule has 0 heterocycles. The standard InChI is InChI=1S/C29H27N3O7/c1-38-24-14-8-12-20(27(24)39-2)17-23(32-28(36)19-9-4-3-5-10-19)29(37)30-18-21-11-6-7-13-22(21)31-25(33)15-16-26(34)35/h3-17H,18H2,1-2H3,(H,30,37)(H,31,33)(H,32,36)(H,34,35). The van der Waals surface area contributed by atoms with Crippen LogP contribution in [0, 0.1) is 0 Å². The van der Waals surface area contributed by atoms with Crippen molar-refractivity contribution in [3.05, 3.63) is 107 Å². The van der Waals surface area contributed by atoms with Crippen molar-refractivity contribution in [2.75, 3.05) is 19.5 Å². The molecular weight excluding hydrogens is 502 g/mol. The fourth-order valence-electron chi connectivity index (χ4n) is 3.51. The largest absolute Gasteiger partial charge is 0.493 e. The molecule has 0 unspecified atom stereocenters. The maximum absolute atomic E-state index is 13.3. The summed E-state index contributed by atoms with van der Waals surface area (Å²) in [5.41, 5.74) is 1.73. The number of carbonyl (C=O) groups is 4. The van der Waals surface area contributed by atoms with Crippen molar-refractivity contribution in [2.24, 2.45) is 0 Å². The summed E-state index contributed by atoms with van der Waals surface area (Å²) in [6.45, 7) is -0.00821. The smallest absolute Gasteiger partial charge is 0.328 e. The SMILES string of the molecule is COc1cccc(C=C(NC(=O)c2ccccc2)C(=O)NCc2ccccc2NC(=O)C=CC(=O)O)c1OC. The summed E-state index contributed by atoms with van der Waals surface area (Å²) in [5, 5.41) is 16.7. The van der Waals surface area contributed by atoms with E-state index in [1.807, 2.05) is 0 Å². The number of nitrogens with one attached hydrogen (secondary N) is 3. The van der Waals surface area contributed by atoms with Crippen LogP contribution in [0.4, 0.5) is 5.69 Å². The summed E-state index contributed by atoms with van der Waals surface area (Å²) < 4.78 is 10.8. The van der Waals surface area contributed by atoms with Gasteiger partial charge in [-0.05, 0) is 35.9 Å². The highest BCUT2D eigenvalue weighted by atomic mass is 16.5. The number of benzene rings is 3. The van der Waals surface area contributed by atoms with Crippen LogP contribution in [0.2, 0.25) is 0 Å². The number of hydrogen-bond acceptors (Lipinski definition) is 6. The number of methoxy groups -OCH3 is 2. The van der Waals surface area contributed by atoms with E-state index >= 15 is 0 Å². The number of carboxylic acid groups (broad SMARTS) is 1. The maximum atomic E-state index is 13.3. The third kappa shape index (κ3) is 8.05. The van der Waals surface area contributed by atoms with Crippen molar-refractivity contribution < 1.29 is 33.8 Å². The molecule has 3 aromatic carbocycles. The van der Waals surface area contributed by atoms with Crippen molar-refractivity contribution in [1.82, 2.24) is 10.6 Å². The van der Waals surface area contributed by atoms with Crippen LogP contribution in [0.5, 0.6) is 11.5 Å². The molecular formula is C29H27N3O7. The minimum absolute atomic E-state index is 0.00821. The van der Waals surface area contributed by atoms with Gasteiger partial charge in [0.25, 0.3) is 11.8 Å². The van der Waals surface area contributed by atoms with Gasteiger partial charge in [0.15, 0.2) is 11.5 Å². The number of anilines is 1. The Hall–Kier alpha value is -5.38. The first kappa shape index (κ1) is 28.2. The zero-order valence-corrected chi connectivity index (χ0v) is 21.3. The van der Waals surface area contributed by atoms with Gasteiger partial charge in [-0.3, -0.25) is 14.4 Å². The molecule has 10 heteroatoms. The van der Waals surface area contributed by atoms with Gasteiger partial charge in [0, 0.05) is 35.5 Å². The third-order valence-corrected chi connectivity index (χ3v) is 5.35. The summed E-state index contributed by atoms with van der Waals surface area (Å²) >= 11 is 0. The highest BCUT2D eigenvalue weighted by Crippen LogP contribution is 2.32. The van der Waals surface area contributed by atoms with Gasteiger partial charge in [-0.1, -0.05) is 48.5 Å². The summed E-state index contributed by atoms with van der Waals surface area (Å²) in [4.78, 5) is 49.0. The van der Waals surface area contributed by atoms with Crippen molar-refractivity contribution in [3.63, 3.8) is 0 Å². The first-order chi connectivity index (χ1) is 18.8. The Bertz CT molecular complexity index is 1420. The zero-order chi connectivity index (χ0) is 28.2. The van der Waals surface area contributed by atoms with Crippen LogP contribution in [-0.4, -0.2) is 43.0 Å². The fraction of sp³-hybridized carbons (Fsp3) is 0.103. The predicted octanol–water partition coefficient (Wildman–Crippen LogP) is 3.37. The van der Waals surface area contributed by atoms with E-state index in [0.29, 0.717) is 33.9 Å². The van der Waals surface area contributed by atoms with E-state index in [0.717, 1.165) is 12.2 Å². The molecule has 200 valence electrons. The minimum atomic E-state index is -1.25. The van der Waals surface area contributed by atoms with Crippen LogP contribution in [-0.2, 0) is 20.9 Å². The quantitative estimate of drug-likeness (QED) is 0.279. The van der Waals surface area contributed by atoms with Crippen molar-refractivity contribution >= 4 is 35.5 Å². The van der Waals surface area contributed by atoms with Gasteiger partial charge in [-0.2, -0.15) is 0 Å². The van der Waals surface area contributed by atoms with E-state index in [1.165, 1.54) is 20.3 Å². The van der Waals surface area contributed by atoms with E-state index < -0.39 is 23.7 Å². The fourth-order valence-corrected chi connectivity index (χ4v) is 3.51. The van der Waals surface area contributed by atoms with Crippen LogP contribution in [0.25, 0.3) is 6.08 Å². The molecule has 4 N–H and O–H groups in total. The number of para-hydroxylation sites is 2. The monoisotopic (exact) mass is 529 g/mol. The Morgan fingerprint density at radius 2 is 1.56 bits per heavy atom. The number of carboxylic acids is 1. The highest BCUT2D eigenvalue weighted by Gasteiger charge is 2.17. The summed E-state index contributed by atoms with van der Waals surface area (Å²) in [7, 11) is 2.96. The van der Waals surface area contributed by atoms with Gasteiger partial charge < -0.3 is 30.5 Å². The molecule has 0 bridgehead atoms. The van der Waals surface area contributed by atoms with E-state index in [2.05, 4.69) is 16.0 Å². The normalized spacial score (nSPS) is 11.0. The summed E-state index contributed by atoms with van der Waals surface area (Å²) in [6, 6.07) is 20.3. The Labute approximate surface area is 224 Å². The van der Waals surface area contributed by atoms with Crippen molar-refractivity contribution in [1.29, 1.82) is 0 Å². The average molecular weight is 530 g/mol. The Balaban J connectivity index is 1.87. The van der Waals surface area contributed by atoms with E-state index in [9.17, 15) is 19.2 Å². The lowest BCUT2D eigenvalue weighted by Gasteiger charge is -2.15. The molecule has 10 nitrogen and oxygen atoms in total. The number of aliphatic carboxylic acids is 1. The van der Waals surface area contributed by atoms with Gasteiger partial charge in [-0.15, -0.1) is 0 Å². The van der Waals surface area contributed by atoms with Gasteiger partial charge in [0.05, 0.1) is 14.2 Å². The molecule has 0 aliphatic heterocycles. The second kappa shape index (κ2) is 13.8. The zero-order valence-electron chi connectivity index (χ0n) is 21.3. The molecule has 0 aliphatic carbocycles. The molecule has 0 atom stereocenters. The number of amides is 3. The molecule has 0 aromatic heterocycles. The van der Waals surface area contributed by atoms with Crippen LogP contribution < -0.4 is 25.4 Å². The molecule has 0 radical (unpaired) electrons. The van der Waals surface area contributed by atoms with E-state index in [-0.39, 0.29) is 12.2 Å². The molecule has 0 saturated carbocycles. The van der Waals surface area contributed by atoms with E-state index in [4.69, 9.17) is 14.6 Å². The molecule has 0 fully saturated rings. The van der Waals surface area contributed by atoms with Gasteiger partial charge in [0.1, 0.15) is 5.70 Å². The Morgan fingerprint density at radius 1 is 0.846 bits per heavy atom. The first-order valence-corrected chi connectivity index (χ1v) is 11.7. The predicted molar refractivity (Wildman–Crippen MR) is 145 cm³/mol. The number of ether oxygens (including phenoxy) is 2. The number of carbonyl (C=O) groups excluding carboxylic acids is 3. The first-order valence-electron chi connectivity index (χ1n) is 11.7. The van der Waals surface area contributed by atoms with Crippen LogP contribution >= 0.6 is 0 Å². The molecule has 3 amide bonds. The molecule has 0 saturated heterocycles. The molecule has 0 aliphatic rings. The molecule has 3 aromatic rings. The van der Waals surface area contributed by atoms with Crippen LogP contribution in [0.1, 0.15) is 21.5 Å². The second-order valence-corrected chi connectivity index (χ2v) is 7.96. The van der Waals surface area contributed by atoms with Gasteiger partial charge >= 0.3 is 5.97 Å². The molecule has 39 heavy (non-hydrogen) atoms. The summed E-state index contributed by atoms with van der Waals surface area (Å²) in [5.74, 6) is -2.16. The highest BCUT2D eigenvalue weighted by molar-refractivity contribution is 6.06. The topological polar surface area (TPSA) is 143 Å². The molecule has 0 spiro atoms. The third-order valence-electron chi connectivity index (χ3n) is 5.35. The second-order valence-electron chi connectivity index (χ2n) is 7.96. The lowest BCUT2D eigenvalue weighted by molar-refractivity contribution is -0.131. The lowest BCUT2D eigenvalue weighted by atomic mass is 10.1. The summed E-state index contributed by atoms with van der Waals surface area (Å²) in [6.07, 6.45) is 3.08. The minimum Gasteiger partial charge on any atom is -0.493 e. The van der Waals surface area contributed by atoms with Gasteiger partial charge in [0.2, 0.25) is 5.91 Å². The lowest BCUT2D eigenvalue weighted by Crippen LogP contribution is -2.34. The Morgan fingerprint density at radius 3 is 2.26 bits per heavy atom. The number of rotatable bonds is 11. The molecule has 3 rings (SSSR count). The van der Waals surface area contributed by atoms with Crippen LogP contribution in [0.15, 0.2) is 90.6 Å². The Kier molecular flexibility index (Phi) is 9.97. The van der Waals surface area contributed by atoms with Gasteiger partial charge in [-0.25, -0.2) is 4.79 Å². The average Bonchev–Trinajstić information content (AvgIpc) is 2.95. The van der Waals surface area contributed by atoms with Crippen molar-refractivity contribution in [3.8, 4) is 11.5 Å².